The number of hydrogen-bond donors (Lipinski definition) is 1. The van der Waals surface area contributed by atoms with Crippen molar-refractivity contribution in [3.05, 3.63) is 94.0 Å². The maximum Gasteiger partial charge on any atom is 0.422 e. The lowest BCUT2D eigenvalue weighted by Gasteiger charge is -2.41. The molecule has 2 heterocycles. The topological polar surface area (TPSA) is 58.4 Å². The number of carbonyl (C=O) groups is 1. The van der Waals surface area contributed by atoms with Crippen molar-refractivity contribution in [2.24, 2.45) is 0 Å². The number of nitrogens with one attached hydrogen (secondary N) is 1. The maximum absolute atomic E-state index is 13.7. The summed E-state index contributed by atoms with van der Waals surface area (Å²) in [5, 5.41) is 9.00. The minimum atomic E-state index is -0.109. The first-order chi connectivity index (χ1) is 17.0. The number of carbonyl (C=O) groups excluding carboxylic acids is 1. The molecule has 1 aliphatic rings. The maximum atomic E-state index is 13.7. The van der Waals surface area contributed by atoms with Crippen LogP contribution in [0.3, 0.4) is 0 Å². The Kier molecular flexibility index (Phi) is 6.65. The number of amides is 2. The van der Waals surface area contributed by atoms with Crippen LogP contribution in [-0.2, 0) is 6.54 Å². The Morgan fingerprint density at radius 1 is 1.00 bits per heavy atom. The van der Waals surface area contributed by atoms with E-state index in [-0.39, 0.29) is 10.5 Å². The van der Waals surface area contributed by atoms with Crippen molar-refractivity contribution in [3.63, 3.8) is 0 Å². The lowest BCUT2D eigenvalue weighted by atomic mass is 10.1. The number of piperazine rings is 1. The molecule has 1 N–H and O–H groups in total. The highest BCUT2D eigenvalue weighted by atomic mass is 35.5. The van der Waals surface area contributed by atoms with E-state index in [0.29, 0.717) is 54.2 Å². The average Bonchev–Trinajstić information content (AvgIpc) is 3.26. The fourth-order valence-corrected chi connectivity index (χ4v) is 4.82. The zero-order chi connectivity index (χ0) is 24.3. The molecule has 2 amide bonds. The number of urea groups is 1. The summed E-state index contributed by atoms with van der Waals surface area (Å²) in [5.41, 5.74) is 2.49. The predicted octanol–water partition coefficient (Wildman–Crippen LogP) is 6.01. The van der Waals surface area contributed by atoms with E-state index in [2.05, 4.69) is 22.4 Å². The van der Waals surface area contributed by atoms with Crippen LogP contribution in [0.5, 0.6) is 0 Å². The van der Waals surface area contributed by atoms with Crippen molar-refractivity contribution in [2.45, 2.75) is 6.54 Å². The zero-order valence-corrected chi connectivity index (χ0v) is 20.4. The van der Waals surface area contributed by atoms with Gasteiger partial charge in [-0.2, -0.15) is 0 Å². The number of rotatable bonds is 3. The van der Waals surface area contributed by atoms with Crippen LogP contribution in [0.15, 0.2) is 77.3 Å². The first-order valence-electron chi connectivity index (χ1n) is 11.3. The highest BCUT2D eigenvalue weighted by Crippen LogP contribution is 2.26. The minimum absolute atomic E-state index is 0.109. The van der Waals surface area contributed by atoms with Gasteiger partial charge >= 0.3 is 6.03 Å². The molecule has 35 heavy (non-hydrogen) atoms. The molecule has 1 fully saturated rings. The number of halogens is 2. The van der Waals surface area contributed by atoms with Gasteiger partial charge < -0.3 is 9.42 Å². The predicted molar refractivity (Wildman–Crippen MR) is 138 cm³/mol. The van der Waals surface area contributed by atoms with Crippen LogP contribution in [0.25, 0.3) is 11.0 Å². The number of quaternary nitrogens is 1. The number of anilines is 1. The van der Waals surface area contributed by atoms with Gasteiger partial charge in [-0.3, -0.25) is 5.32 Å². The second-order valence-electron chi connectivity index (χ2n) is 8.58. The quantitative estimate of drug-likeness (QED) is 0.273. The molecule has 0 radical (unpaired) electrons. The van der Waals surface area contributed by atoms with E-state index in [1.807, 2.05) is 59.5 Å². The summed E-state index contributed by atoms with van der Waals surface area (Å²) >= 11 is 12.2. The number of benzene rings is 3. The Morgan fingerprint density at radius 2 is 1.69 bits per heavy atom. The number of para-hydroxylation sites is 1. The van der Waals surface area contributed by atoms with Gasteiger partial charge in [-0.15, -0.1) is 0 Å². The van der Waals surface area contributed by atoms with Crippen LogP contribution >= 0.6 is 23.2 Å². The van der Waals surface area contributed by atoms with Crippen LogP contribution in [0.2, 0.25) is 10.0 Å². The Balaban J connectivity index is 1.36. The van der Waals surface area contributed by atoms with Crippen LogP contribution in [0.1, 0.15) is 11.1 Å². The number of aromatic nitrogens is 1. The van der Waals surface area contributed by atoms with Crippen molar-refractivity contribution in [3.8, 4) is 12.0 Å². The molecule has 6 nitrogen and oxygen atoms in total. The second kappa shape index (κ2) is 10.0. The lowest BCUT2D eigenvalue weighted by molar-refractivity contribution is -0.866. The standard InChI is InChI=1S/C27H22Cl2N4O2/c28-22-16-21(17-23(29)18-22)10-11-32-12-14-33(15-13-32,19-20-6-2-1-3-7-20)27(34)30-26-24-8-4-5-9-25(24)35-31-26/h1-9,16-18H,12-15,19H2/p+1. The second-order valence-corrected chi connectivity index (χ2v) is 9.45. The summed E-state index contributed by atoms with van der Waals surface area (Å²) in [7, 11) is 0. The van der Waals surface area contributed by atoms with Gasteiger partial charge in [0.25, 0.3) is 0 Å². The normalized spacial score (nSPS) is 14.9. The molecule has 0 aliphatic carbocycles. The van der Waals surface area contributed by atoms with Crippen LogP contribution < -0.4 is 5.32 Å². The third kappa shape index (κ3) is 5.28. The third-order valence-electron chi connectivity index (χ3n) is 6.18. The van der Waals surface area contributed by atoms with Crippen LogP contribution in [0.4, 0.5) is 10.6 Å². The monoisotopic (exact) mass is 505 g/mol. The van der Waals surface area contributed by atoms with E-state index in [0.717, 1.165) is 16.5 Å². The Labute approximate surface area is 213 Å². The Bertz CT molecular complexity index is 1400. The summed E-state index contributed by atoms with van der Waals surface area (Å²) < 4.78 is 5.62. The fraction of sp³-hybridized carbons (Fsp3) is 0.185. The highest BCUT2D eigenvalue weighted by molar-refractivity contribution is 6.34. The average molecular weight is 506 g/mol. The van der Waals surface area contributed by atoms with Gasteiger partial charge in [0.2, 0.25) is 0 Å². The fourth-order valence-electron chi connectivity index (χ4n) is 4.29. The molecular weight excluding hydrogens is 483 g/mol. The van der Waals surface area contributed by atoms with Gasteiger partial charge in [0.1, 0.15) is 19.6 Å². The van der Waals surface area contributed by atoms with Crippen molar-refractivity contribution < 1.29 is 13.8 Å². The smallest absolute Gasteiger partial charge is 0.354 e. The molecule has 0 spiro atoms. The number of hydrogen-bond acceptors (Lipinski definition) is 4. The summed E-state index contributed by atoms with van der Waals surface area (Å²) in [5.74, 6) is 3.58. The van der Waals surface area contributed by atoms with E-state index < -0.39 is 0 Å². The SMILES string of the molecule is O=C(Nc1noc2ccccc12)[N+]1(Cc2ccccc2)CCN(C#Cc2cc(Cl)cc(Cl)c2)CC1. The van der Waals surface area contributed by atoms with Gasteiger partial charge in [-0.05, 0) is 36.3 Å². The number of fused-ring (bicyclic) bond motifs is 1. The van der Waals surface area contributed by atoms with E-state index in [1.165, 1.54) is 0 Å². The molecule has 1 saturated heterocycles. The van der Waals surface area contributed by atoms with Crippen molar-refractivity contribution in [1.29, 1.82) is 0 Å². The molecule has 176 valence electrons. The van der Waals surface area contributed by atoms with Crippen LogP contribution in [0, 0.1) is 12.0 Å². The largest absolute Gasteiger partial charge is 0.422 e. The molecular formula is C27H23Cl2N4O2+. The molecule has 0 atom stereocenters. The molecule has 3 aromatic carbocycles. The summed E-state index contributed by atoms with van der Waals surface area (Å²) in [4.78, 5) is 15.7. The summed E-state index contributed by atoms with van der Waals surface area (Å²) in [6, 6.07) is 25.9. The van der Waals surface area contributed by atoms with Gasteiger partial charge in [-0.1, -0.05) is 70.8 Å². The van der Waals surface area contributed by atoms with Gasteiger partial charge in [0.15, 0.2) is 11.4 Å². The number of nitrogens with zero attached hydrogens (tertiary/aromatic N) is 3. The Hall–Kier alpha value is -3.50. The molecule has 1 aliphatic heterocycles. The molecule has 0 bridgehead atoms. The third-order valence-corrected chi connectivity index (χ3v) is 6.61. The lowest BCUT2D eigenvalue weighted by Crippen LogP contribution is -2.62. The van der Waals surface area contributed by atoms with Gasteiger partial charge in [-0.25, -0.2) is 9.28 Å². The van der Waals surface area contributed by atoms with E-state index >= 15 is 0 Å². The van der Waals surface area contributed by atoms with Crippen molar-refractivity contribution in [1.82, 2.24) is 10.1 Å². The highest BCUT2D eigenvalue weighted by Gasteiger charge is 2.41. The Morgan fingerprint density at radius 3 is 2.43 bits per heavy atom. The van der Waals surface area contributed by atoms with E-state index in [1.54, 1.807) is 18.2 Å². The first kappa shape index (κ1) is 23.3. The molecule has 5 rings (SSSR count). The summed E-state index contributed by atoms with van der Waals surface area (Å²) in [6.07, 6.45) is 0. The first-order valence-corrected chi connectivity index (χ1v) is 12.1. The molecule has 1 aromatic heterocycles. The van der Waals surface area contributed by atoms with Crippen LogP contribution in [-0.4, -0.2) is 46.7 Å². The summed E-state index contributed by atoms with van der Waals surface area (Å²) in [6.45, 7) is 3.05. The molecule has 0 saturated carbocycles. The molecule has 4 aromatic rings. The van der Waals surface area contributed by atoms with Gasteiger partial charge in [0, 0.05) is 27.2 Å². The zero-order valence-electron chi connectivity index (χ0n) is 18.9. The van der Waals surface area contributed by atoms with Crippen molar-refractivity contribution in [2.75, 3.05) is 31.5 Å². The van der Waals surface area contributed by atoms with Crippen molar-refractivity contribution >= 4 is 46.0 Å². The molecule has 0 unspecified atom stereocenters. The van der Waals surface area contributed by atoms with E-state index in [4.69, 9.17) is 27.7 Å². The van der Waals surface area contributed by atoms with E-state index in [9.17, 15) is 4.79 Å². The minimum Gasteiger partial charge on any atom is -0.354 e. The molecule has 8 heteroatoms. The van der Waals surface area contributed by atoms with Gasteiger partial charge in [0.05, 0.1) is 18.5 Å².